The Morgan fingerprint density at radius 3 is 2.90 bits per heavy atom. The molecule has 4 heterocycles. The number of likely N-dealkylation sites (N-methyl/N-ethyl adjacent to an activating group) is 1. The normalized spacial score (nSPS) is 18.2. The van der Waals surface area contributed by atoms with E-state index in [2.05, 4.69) is 37.3 Å². The van der Waals surface area contributed by atoms with Gasteiger partial charge in [-0.15, -0.1) is 0 Å². The average Bonchev–Trinajstić information content (AvgIpc) is 3.32. The minimum Gasteiger partial charge on any atom is -0.485 e. The van der Waals surface area contributed by atoms with Gasteiger partial charge in [-0.25, -0.2) is 14.5 Å². The third-order valence-corrected chi connectivity index (χ3v) is 5.02. The van der Waals surface area contributed by atoms with Crippen LogP contribution >= 0.6 is 0 Å². The van der Waals surface area contributed by atoms with Gasteiger partial charge >= 0.3 is 0 Å². The number of fused-ring (bicyclic) bond motifs is 1. The molecule has 0 aliphatic carbocycles. The molecule has 9 nitrogen and oxygen atoms in total. The molecule has 1 aliphatic heterocycles. The molecule has 0 bridgehead atoms. The lowest BCUT2D eigenvalue weighted by Gasteiger charge is -2.18. The number of hydrogen-bond donors (Lipinski definition) is 2. The number of aryl methyl sites for hydroxylation is 1. The van der Waals surface area contributed by atoms with Crippen LogP contribution in [0.5, 0.6) is 0 Å². The van der Waals surface area contributed by atoms with E-state index in [-0.39, 0.29) is 6.10 Å². The highest BCUT2D eigenvalue weighted by Crippen LogP contribution is 2.21. The van der Waals surface area contributed by atoms with Crippen molar-refractivity contribution in [1.82, 2.24) is 24.5 Å². The number of allylic oxidation sites excluding steroid dienone is 1. The third kappa shape index (κ3) is 4.25. The van der Waals surface area contributed by atoms with E-state index in [1.165, 1.54) is 6.20 Å². The van der Waals surface area contributed by atoms with Crippen molar-refractivity contribution in [2.24, 2.45) is 10.7 Å². The number of anilines is 2. The summed E-state index contributed by atoms with van der Waals surface area (Å²) >= 11 is 0. The zero-order chi connectivity index (χ0) is 21.1. The summed E-state index contributed by atoms with van der Waals surface area (Å²) in [5, 5.41) is 7.76. The van der Waals surface area contributed by atoms with Crippen LogP contribution < -0.4 is 11.1 Å². The predicted molar refractivity (Wildman–Crippen MR) is 117 cm³/mol. The Morgan fingerprint density at radius 2 is 2.20 bits per heavy atom. The standard InChI is InChI=1S/C21H26N8O/c1-14-24-7-4-19(25-14)26-20-11-16-10-15(5-9-29(16)27-20)21(23-2)18(12-22)30-17-6-8-28(3)13-17/h4-5,7,9-12,17H,6,8,13,22H2,1-3H3,(H,24,25,26,27)/b18-12+,23-21?/t17-/m0/s1. The zero-order valence-electron chi connectivity index (χ0n) is 17.4. The molecule has 4 rings (SSSR count). The maximum atomic E-state index is 6.16. The molecule has 1 atom stereocenters. The van der Waals surface area contributed by atoms with Gasteiger partial charge in [-0.1, -0.05) is 0 Å². The lowest BCUT2D eigenvalue weighted by atomic mass is 10.1. The molecule has 9 heteroatoms. The van der Waals surface area contributed by atoms with Crippen LogP contribution in [0.25, 0.3) is 5.52 Å². The average molecular weight is 406 g/mol. The van der Waals surface area contributed by atoms with Crippen LogP contribution in [-0.2, 0) is 4.74 Å². The van der Waals surface area contributed by atoms with Crippen molar-refractivity contribution in [2.75, 3.05) is 32.5 Å². The fourth-order valence-electron chi connectivity index (χ4n) is 3.59. The number of aromatic nitrogens is 4. The molecule has 0 amide bonds. The van der Waals surface area contributed by atoms with Gasteiger partial charge in [-0.05, 0) is 38.6 Å². The Bertz CT molecular complexity index is 1100. The first kappa shape index (κ1) is 19.8. The predicted octanol–water partition coefficient (Wildman–Crippen LogP) is 2.12. The van der Waals surface area contributed by atoms with Gasteiger partial charge in [0.15, 0.2) is 11.6 Å². The molecule has 3 N–H and O–H groups in total. The lowest BCUT2D eigenvalue weighted by Crippen LogP contribution is -2.22. The van der Waals surface area contributed by atoms with Crippen molar-refractivity contribution in [1.29, 1.82) is 0 Å². The van der Waals surface area contributed by atoms with E-state index in [4.69, 9.17) is 10.5 Å². The van der Waals surface area contributed by atoms with Gasteiger partial charge in [0, 0.05) is 50.4 Å². The minimum atomic E-state index is 0.118. The van der Waals surface area contributed by atoms with Gasteiger partial charge < -0.3 is 20.7 Å². The molecular weight excluding hydrogens is 380 g/mol. The van der Waals surface area contributed by atoms with Crippen molar-refractivity contribution in [3.63, 3.8) is 0 Å². The Balaban J connectivity index is 1.57. The lowest BCUT2D eigenvalue weighted by molar-refractivity contribution is 0.137. The van der Waals surface area contributed by atoms with Crippen molar-refractivity contribution in [3.05, 3.63) is 60.0 Å². The summed E-state index contributed by atoms with van der Waals surface area (Å²) in [6.07, 6.45) is 6.19. The van der Waals surface area contributed by atoms with Gasteiger partial charge in [0.05, 0.1) is 5.52 Å². The summed E-state index contributed by atoms with van der Waals surface area (Å²) < 4.78 is 7.96. The van der Waals surface area contributed by atoms with Gasteiger partial charge in [-0.3, -0.25) is 4.99 Å². The number of nitrogens with zero attached hydrogens (tertiary/aromatic N) is 6. The Hall–Kier alpha value is -3.46. The minimum absolute atomic E-state index is 0.118. The summed E-state index contributed by atoms with van der Waals surface area (Å²) in [6, 6.07) is 7.72. The maximum absolute atomic E-state index is 6.16. The van der Waals surface area contributed by atoms with Crippen LogP contribution in [0.15, 0.2) is 53.6 Å². The molecule has 0 radical (unpaired) electrons. The molecule has 1 saturated heterocycles. The largest absolute Gasteiger partial charge is 0.485 e. The van der Waals surface area contributed by atoms with E-state index in [0.29, 0.717) is 23.2 Å². The molecule has 156 valence electrons. The van der Waals surface area contributed by atoms with Gasteiger partial charge in [0.2, 0.25) is 0 Å². The number of pyridine rings is 1. The number of rotatable bonds is 6. The Labute approximate surface area is 175 Å². The molecule has 0 unspecified atom stereocenters. The van der Waals surface area contributed by atoms with Crippen molar-refractivity contribution >= 4 is 22.9 Å². The van der Waals surface area contributed by atoms with Crippen LogP contribution in [0, 0.1) is 6.92 Å². The quantitative estimate of drug-likeness (QED) is 0.477. The van der Waals surface area contributed by atoms with Crippen LogP contribution in [0.4, 0.5) is 11.6 Å². The number of aliphatic imine (C=N–C) groups is 1. The smallest absolute Gasteiger partial charge is 0.160 e. The fourth-order valence-corrected chi connectivity index (χ4v) is 3.59. The molecule has 30 heavy (non-hydrogen) atoms. The summed E-state index contributed by atoms with van der Waals surface area (Å²) in [5.74, 6) is 2.69. The topological polar surface area (TPSA) is 106 Å². The van der Waals surface area contributed by atoms with Gasteiger partial charge in [-0.2, -0.15) is 5.10 Å². The number of ether oxygens (including phenoxy) is 1. The first-order valence-electron chi connectivity index (χ1n) is 9.86. The first-order chi connectivity index (χ1) is 14.6. The molecule has 0 aromatic carbocycles. The van der Waals surface area contributed by atoms with E-state index < -0.39 is 0 Å². The van der Waals surface area contributed by atoms with E-state index in [1.807, 2.05) is 31.3 Å². The second kappa shape index (κ2) is 8.50. The fraction of sp³-hybridized carbons (Fsp3) is 0.333. The SMILES string of the molecule is CN=C(/C(=C\N)O[C@H]1CCN(C)C1)c1ccn2nc(Nc3ccnc(C)n3)cc2c1. The van der Waals surface area contributed by atoms with Crippen LogP contribution in [-0.4, -0.2) is 63.5 Å². The Morgan fingerprint density at radius 1 is 1.33 bits per heavy atom. The van der Waals surface area contributed by atoms with E-state index in [1.54, 1.807) is 23.8 Å². The monoisotopic (exact) mass is 406 g/mol. The first-order valence-corrected chi connectivity index (χ1v) is 9.86. The summed E-state index contributed by atoms with van der Waals surface area (Å²) in [4.78, 5) is 15.2. The number of nitrogens with one attached hydrogen (secondary N) is 1. The van der Waals surface area contributed by atoms with Crippen molar-refractivity contribution in [2.45, 2.75) is 19.4 Å². The molecule has 3 aromatic rings. The highest BCUT2D eigenvalue weighted by atomic mass is 16.5. The van der Waals surface area contributed by atoms with Crippen molar-refractivity contribution < 1.29 is 4.74 Å². The maximum Gasteiger partial charge on any atom is 0.160 e. The highest BCUT2D eigenvalue weighted by molar-refractivity contribution is 6.11. The molecule has 1 aliphatic rings. The second-order valence-corrected chi connectivity index (χ2v) is 7.32. The second-order valence-electron chi connectivity index (χ2n) is 7.32. The molecular formula is C21H26N8O. The van der Waals surface area contributed by atoms with E-state index >= 15 is 0 Å². The van der Waals surface area contributed by atoms with Gasteiger partial charge in [0.1, 0.15) is 23.5 Å². The number of likely N-dealkylation sites (tertiary alicyclic amines) is 1. The van der Waals surface area contributed by atoms with Crippen LogP contribution in [0.3, 0.4) is 0 Å². The Kier molecular flexibility index (Phi) is 5.62. The van der Waals surface area contributed by atoms with Crippen LogP contribution in [0.1, 0.15) is 17.8 Å². The van der Waals surface area contributed by atoms with Crippen LogP contribution in [0.2, 0.25) is 0 Å². The summed E-state index contributed by atoms with van der Waals surface area (Å²) in [7, 11) is 3.83. The van der Waals surface area contributed by atoms with E-state index in [0.717, 1.165) is 36.3 Å². The van der Waals surface area contributed by atoms with Gasteiger partial charge in [0.25, 0.3) is 0 Å². The zero-order valence-corrected chi connectivity index (χ0v) is 17.4. The van der Waals surface area contributed by atoms with E-state index in [9.17, 15) is 0 Å². The number of hydrogen-bond acceptors (Lipinski definition) is 8. The molecule has 3 aromatic heterocycles. The summed E-state index contributed by atoms with van der Waals surface area (Å²) in [5.41, 5.74) is 8.44. The number of nitrogens with two attached hydrogens (primary N) is 1. The third-order valence-electron chi connectivity index (χ3n) is 5.02. The highest BCUT2D eigenvalue weighted by Gasteiger charge is 2.23. The van der Waals surface area contributed by atoms with Crippen molar-refractivity contribution in [3.8, 4) is 0 Å². The molecule has 0 spiro atoms. The molecule has 1 fully saturated rings. The molecule has 0 saturated carbocycles. The summed E-state index contributed by atoms with van der Waals surface area (Å²) in [6.45, 7) is 3.75.